The smallest absolute Gasteiger partial charge is 0.354 e. The van der Waals surface area contributed by atoms with E-state index in [-0.39, 0.29) is 17.4 Å². The SMILES string of the molecule is CN(Cc1ccc(F)cc1)C(=O)c1ccc(C(=O)O)nc1. The molecule has 1 amide bonds. The van der Waals surface area contributed by atoms with E-state index in [2.05, 4.69) is 4.98 Å². The van der Waals surface area contributed by atoms with Gasteiger partial charge in [0, 0.05) is 19.8 Å². The summed E-state index contributed by atoms with van der Waals surface area (Å²) in [6.07, 6.45) is 1.23. The molecule has 0 bridgehead atoms. The number of carbonyl (C=O) groups is 2. The first kappa shape index (κ1) is 14.6. The van der Waals surface area contributed by atoms with E-state index < -0.39 is 5.97 Å². The first-order valence-electron chi connectivity index (χ1n) is 6.16. The number of carboxylic acid groups (broad SMARTS) is 1. The summed E-state index contributed by atoms with van der Waals surface area (Å²) in [5.74, 6) is -1.77. The Morgan fingerprint density at radius 3 is 2.38 bits per heavy atom. The summed E-state index contributed by atoms with van der Waals surface area (Å²) in [6, 6.07) is 8.56. The number of hydrogen-bond donors (Lipinski definition) is 1. The Morgan fingerprint density at radius 2 is 1.86 bits per heavy atom. The monoisotopic (exact) mass is 288 g/mol. The highest BCUT2D eigenvalue weighted by Crippen LogP contribution is 2.09. The van der Waals surface area contributed by atoms with Crippen LogP contribution in [0.25, 0.3) is 0 Å². The first-order valence-corrected chi connectivity index (χ1v) is 6.16. The Hall–Kier alpha value is -2.76. The number of rotatable bonds is 4. The largest absolute Gasteiger partial charge is 0.477 e. The molecule has 0 fully saturated rings. The van der Waals surface area contributed by atoms with E-state index in [9.17, 15) is 14.0 Å². The summed E-state index contributed by atoms with van der Waals surface area (Å²) in [7, 11) is 1.61. The highest BCUT2D eigenvalue weighted by atomic mass is 19.1. The fourth-order valence-corrected chi connectivity index (χ4v) is 1.80. The van der Waals surface area contributed by atoms with Gasteiger partial charge in [-0.15, -0.1) is 0 Å². The van der Waals surface area contributed by atoms with Crippen molar-refractivity contribution in [2.24, 2.45) is 0 Å². The summed E-state index contributed by atoms with van der Waals surface area (Å²) < 4.78 is 12.8. The number of hydrogen-bond acceptors (Lipinski definition) is 3. The van der Waals surface area contributed by atoms with Crippen LogP contribution >= 0.6 is 0 Å². The fraction of sp³-hybridized carbons (Fsp3) is 0.133. The van der Waals surface area contributed by atoms with E-state index in [1.807, 2.05) is 0 Å². The van der Waals surface area contributed by atoms with Crippen LogP contribution in [0.15, 0.2) is 42.6 Å². The maximum absolute atomic E-state index is 12.8. The predicted octanol–water partition coefficient (Wildman–Crippen LogP) is 2.19. The molecular weight excluding hydrogens is 275 g/mol. The molecule has 0 radical (unpaired) electrons. The molecule has 2 aromatic rings. The van der Waals surface area contributed by atoms with E-state index in [4.69, 9.17) is 5.11 Å². The molecule has 0 unspecified atom stereocenters. The van der Waals surface area contributed by atoms with Crippen LogP contribution in [0.4, 0.5) is 4.39 Å². The van der Waals surface area contributed by atoms with Crippen molar-refractivity contribution in [3.05, 3.63) is 65.2 Å². The van der Waals surface area contributed by atoms with Gasteiger partial charge in [0.1, 0.15) is 11.5 Å². The Balaban J connectivity index is 2.08. The summed E-state index contributed by atoms with van der Waals surface area (Å²) >= 11 is 0. The molecule has 0 spiro atoms. The van der Waals surface area contributed by atoms with Gasteiger partial charge < -0.3 is 10.0 Å². The maximum Gasteiger partial charge on any atom is 0.354 e. The Bertz CT molecular complexity index is 654. The van der Waals surface area contributed by atoms with Gasteiger partial charge in [0.25, 0.3) is 5.91 Å². The van der Waals surface area contributed by atoms with Crippen molar-refractivity contribution in [3.63, 3.8) is 0 Å². The molecule has 2 rings (SSSR count). The number of halogens is 1. The van der Waals surface area contributed by atoms with Gasteiger partial charge in [0.15, 0.2) is 0 Å². The second-order valence-corrected chi connectivity index (χ2v) is 4.52. The number of carboxylic acids is 1. The van der Waals surface area contributed by atoms with E-state index in [0.717, 1.165) is 5.56 Å². The molecule has 1 aromatic heterocycles. The van der Waals surface area contributed by atoms with Crippen LogP contribution in [0, 0.1) is 5.82 Å². The van der Waals surface area contributed by atoms with Crippen LogP contribution < -0.4 is 0 Å². The van der Waals surface area contributed by atoms with Crippen molar-refractivity contribution in [2.45, 2.75) is 6.54 Å². The van der Waals surface area contributed by atoms with Gasteiger partial charge in [0.05, 0.1) is 5.56 Å². The quantitative estimate of drug-likeness (QED) is 0.936. The molecule has 0 aliphatic heterocycles. The second-order valence-electron chi connectivity index (χ2n) is 4.52. The minimum absolute atomic E-state index is 0.118. The molecule has 108 valence electrons. The van der Waals surface area contributed by atoms with Gasteiger partial charge in [-0.25, -0.2) is 14.2 Å². The third-order valence-corrected chi connectivity index (χ3v) is 2.91. The third-order valence-electron chi connectivity index (χ3n) is 2.91. The highest BCUT2D eigenvalue weighted by Gasteiger charge is 2.13. The molecule has 0 saturated heterocycles. The van der Waals surface area contributed by atoms with Crippen LogP contribution in [0.5, 0.6) is 0 Å². The summed E-state index contributed by atoms with van der Waals surface area (Å²) in [5, 5.41) is 8.75. The molecular formula is C15H13FN2O3. The molecule has 0 saturated carbocycles. The molecule has 21 heavy (non-hydrogen) atoms. The van der Waals surface area contributed by atoms with Crippen molar-refractivity contribution < 1.29 is 19.1 Å². The van der Waals surface area contributed by atoms with Gasteiger partial charge in [-0.2, -0.15) is 0 Å². The third kappa shape index (κ3) is 3.62. The summed E-state index contributed by atoms with van der Waals surface area (Å²) in [5.41, 5.74) is 0.972. The Morgan fingerprint density at radius 1 is 1.19 bits per heavy atom. The highest BCUT2D eigenvalue weighted by molar-refractivity contribution is 5.94. The molecule has 0 atom stereocenters. The van der Waals surface area contributed by atoms with Crippen molar-refractivity contribution >= 4 is 11.9 Å². The Labute approximate surface area is 120 Å². The minimum Gasteiger partial charge on any atom is -0.477 e. The van der Waals surface area contributed by atoms with E-state index >= 15 is 0 Å². The number of aromatic carboxylic acids is 1. The van der Waals surface area contributed by atoms with Crippen LogP contribution in [0.2, 0.25) is 0 Å². The number of amides is 1. The first-order chi connectivity index (χ1) is 9.97. The topological polar surface area (TPSA) is 70.5 Å². The molecule has 0 aliphatic rings. The number of aromatic nitrogens is 1. The zero-order chi connectivity index (χ0) is 15.4. The predicted molar refractivity (Wildman–Crippen MR) is 73.4 cm³/mol. The van der Waals surface area contributed by atoms with E-state index in [1.165, 1.54) is 35.4 Å². The number of carbonyl (C=O) groups excluding carboxylic acids is 1. The maximum atomic E-state index is 12.8. The van der Waals surface area contributed by atoms with Gasteiger partial charge in [0.2, 0.25) is 0 Å². The van der Waals surface area contributed by atoms with Gasteiger partial charge in [-0.3, -0.25) is 4.79 Å². The Kier molecular flexibility index (Phi) is 4.27. The number of pyridine rings is 1. The molecule has 1 aromatic carbocycles. The minimum atomic E-state index is -1.14. The number of benzene rings is 1. The zero-order valence-corrected chi connectivity index (χ0v) is 11.3. The van der Waals surface area contributed by atoms with Crippen molar-refractivity contribution in [2.75, 3.05) is 7.05 Å². The van der Waals surface area contributed by atoms with E-state index in [1.54, 1.807) is 19.2 Å². The summed E-state index contributed by atoms with van der Waals surface area (Å²) in [4.78, 5) is 28.0. The zero-order valence-electron chi connectivity index (χ0n) is 11.3. The molecule has 6 heteroatoms. The molecule has 5 nitrogen and oxygen atoms in total. The van der Waals surface area contributed by atoms with Gasteiger partial charge in [-0.1, -0.05) is 12.1 Å². The number of nitrogens with zero attached hydrogens (tertiary/aromatic N) is 2. The lowest BCUT2D eigenvalue weighted by atomic mass is 10.2. The molecule has 1 N–H and O–H groups in total. The van der Waals surface area contributed by atoms with Crippen LogP contribution in [-0.2, 0) is 6.54 Å². The van der Waals surface area contributed by atoms with Crippen molar-refractivity contribution in [1.29, 1.82) is 0 Å². The van der Waals surface area contributed by atoms with Gasteiger partial charge >= 0.3 is 5.97 Å². The van der Waals surface area contributed by atoms with Crippen LogP contribution in [0.3, 0.4) is 0 Å². The van der Waals surface area contributed by atoms with Crippen LogP contribution in [0.1, 0.15) is 26.4 Å². The lowest BCUT2D eigenvalue weighted by Gasteiger charge is -2.17. The molecule has 0 aliphatic carbocycles. The lowest BCUT2D eigenvalue weighted by Crippen LogP contribution is -2.26. The van der Waals surface area contributed by atoms with Crippen LogP contribution in [-0.4, -0.2) is 33.9 Å². The average molecular weight is 288 g/mol. The van der Waals surface area contributed by atoms with E-state index in [0.29, 0.717) is 12.1 Å². The lowest BCUT2D eigenvalue weighted by molar-refractivity contribution is 0.0688. The normalized spacial score (nSPS) is 10.2. The fourth-order valence-electron chi connectivity index (χ4n) is 1.80. The van der Waals surface area contributed by atoms with Crippen molar-refractivity contribution in [3.8, 4) is 0 Å². The van der Waals surface area contributed by atoms with Crippen molar-refractivity contribution in [1.82, 2.24) is 9.88 Å². The standard InChI is InChI=1S/C15H13FN2O3/c1-18(9-10-2-5-12(16)6-3-10)14(19)11-4-7-13(15(20)21)17-8-11/h2-8H,9H2,1H3,(H,20,21). The summed E-state index contributed by atoms with van der Waals surface area (Å²) in [6.45, 7) is 0.319. The second kappa shape index (κ2) is 6.13. The molecule has 1 heterocycles. The average Bonchev–Trinajstić information content (AvgIpc) is 2.49. The van der Waals surface area contributed by atoms with Gasteiger partial charge in [-0.05, 0) is 29.8 Å².